The zero-order valence-corrected chi connectivity index (χ0v) is 28.5. The Morgan fingerprint density at radius 3 is 1.74 bits per heavy atom. The normalized spacial score (nSPS) is 12.8. The van der Waals surface area contributed by atoms with Crippen molar-refractivity contribution < 1.29 is 49.5 Å². The first-order valence-electron chi connectivity index (χ1n) is 15.0. The number of allylic oxidation sites excluding steroid dienone is 4. The van der Waals surface area contributed by atoms with Gasteiger partial charge in [0.1, 0.15) is 0 Å². The van der Waals surface area contributed by atoms with E-state index in [0.717, 1.165) is 19.3 Å². The molecule has 0 N–H and O–H groups in total. The second-order valence-electron chi connectivity index (χ2n) is 11.1. The van der Waals surface area contributed by atoms with Gasteiger partial charge in [-0.05, 0) is 0 Å². The molecule has 0 amide bonds. The van der Waals surface area contributed by atoms with Crippen LogP contribution < -0.4 is 35.3 Å². The molecule has 0 radical (unpaired) electrons. The summed E-state index contributed by atoms with van der Waals surface area (Å²) < 4.78 is 1.48. The first-order chi connectivity index (χ1) is 19.7. The Hall–Kier alpha value is -2.44. The van der Waals surface area contributed by atoms with Gasteiger partial charge in [-0.25, -0.2) is 0 Å². The zero-order chi connectivity index (χ0) is 27.5. The average molecular weight is 668 g/mol. The smallest absolute Gasteiger partial charge is 1.00 e. The molecule has 0 aromatic heterocycles. The van der Waals surface area contributed by atoms with E-state index >= 15 is 0 Å². The van der Waals surface area contributed by atoms with Gasteiger partial charge >= 0.3 is 242 Å². The molecule has 0 aliphatic heterocycles. The molecule has 0 nitrogen and oxygen atoms in total. The van der Waals surface area contributed by atoms with E-state index in [-0.39, 0.29) is 24.8 Å². The molecule has 0 saturated heterocycles. The molecule has 6 rings (SSSR count). The number of fused-ring (bicyclic) bond motifs is 2. The first-order valence-corrected chi connectivity index (χ1v) is 16.2. The van der Waals surface area contributed by atoms with E-state index in [1.54, 1.807) is 0 Å². The van der Waals surface area contributed by atoms with Crippen molar-refractivity contribution in [1.29, 1.82) is 0 Å². The Bertz CT molecular complexity index is 1780. The SMILES string of the molecule is CCCCc1ccc(C(c2ccc(CCCC)cc2)=c2ccc3c(c2C2=CC=CC2)[C]([Zr+2])=c2ccccc2=3)cc1.[Cl-].[Cl-]. The molecular formula is C39H37Cl2Zr. The maximum absolute atomic E-state index is 2.41. The Kier molecular flexibility index (Phi) is 11.5. The Morgan fingerprint density at radius 2 is 1.21 bits per heavy atom. The molecule has 0 unspecified atom stereocenters. The summed E-state index contributed by atoms with van der Waals surface area (Å²) in [7, 11) is 0. The quantitative estimate of drug-likeness (QED) is 0.257. The summed E-state index contributed by atoms with van der Waals surface area (Å²) in [6.45, 7) is 4.54. The summed E-state index contributed by atoms with van der Waals surface area (Å²) >= 11 is 1.47. The van der Waals surface area contributed by atoms with E-state index in [2.05, 4.69) is 117 Å². The van der Waals surface area contributed by atoms with Crippen LogP contribution in [0.5, 0.6) is 0 Å². The molecule has 42 heavy (non-hydrogen) atoms. The maximum atomic E-state index is 2.41. The van der Waals surface area contributed by atoms with Crippen LogP contribution in [0.15, 0.2) is 103 Å². The number of hydrogen-bond donors (Lipinski definition) is 0. The molecule has 0 bridgehead atoms. The van der Waals surface area contributed by atoms with Crippen LogP contribution in [0.25, 0.3) is 14.4 Å². The fraction of sp³-hybridized carbons (Fsp3) is 0.231. The van der Waals surface area contributed by atoms with Crippen LogP contribution in [-0.2, 0) is 37.6 Å². The minimum absolute atomic E-state index is 0. The molecule has 211 valence electrons. The number of aryl methyl sites for hydroxylation is 2. The van der Waals surface area contributed by atoms with E-state index in [4.69, 9.17) is 0 Å². The third kappa shape index (κ3) is 6.40. The van der Waals surface area contributed by atoms with E-state index in [9.17, 15) is 0 Å². The van der Waals surface area contributed by atoms with Crippen LogP contribution in [0.4, 0.5) is 0 Å². The van der Waals surface area contributed by atoms with E-state index in [1.165, 1.54) is 119 Å². The average Bonchev–Trinajstić information content (AvgIpc) is 3.64. The molecular weight excluding hydrogens is 631 g/mol. The van der Waals surface area contributed by atoms with E-state index in [1.807, 2.05) is 0 Å². The van der Waals surface area contributed by atoms with Crippen LogP contribution in [-0.4, -0.2) is 0 Å². The molecule has 2 aliphatic carbocycles. The number of benzene rings is 4. The number of halogens is 2. The molecule has 2 aliphatic rings. The number of rotatable bonds is 9. The van der Waals surface area contributed by atoms with Crippen LogP contribution >= 0.6 is 0 Å². The predicted molar refractivity (Wildman–Crippen MR) is 166 cm³/mol. The Labute approximate surface area is 278 Å². The predicted octanol–water partition coefficient (Wildman–Crippen LogP) is 2.27. The van der Waals surface area contributed by atoms with Crippen molar-refractivity contribution in [3.63, 3.8) is 0 Å². The summed E-state index contributed by atoms with van der Waals surface area (Å²) in [5.74, 6) is 0. The molecule has 4 aromatic rings. The van der Waals surface area contributed by atoms with Gasteiger partial charge in [-0.3, -0.25) is 0 Å². The zero-order valence-electron chi connectivity index (χ0n) is 24.5. The maximum Gasteiger partial charge on any atom is -1.00 e. The topological polar surface area (TPSA) is 0 Å². The molecule has 4 aromatic carbocycles. The molecule has 0 atom stereocenters. The number of unbranched alkanes of at least 4 members (excludes halogenated alkanes) is 2. The van der Waals surface area contributed by atoms with Gasteiger partial charge in [0.05, 0.1) is 0 Å². The van der Waals surface area contributed by atoms with Crippen molar-refractivity contribution in [2.24, 2.45) is 0 Å². The second-order valence-corrected chi connectivity index (χ2v) is 12.4. The van der Waals surface area contributed by atoms with Crippen molar-refractivity contribution >= 4 is 14.4 Å². The second kappa shape index (κ2) is 14.8. The first kappa shape index (κ1) is 32.5. The minimum atomic E-state index is 0. The van der Waals surface area contributed by atoms with Gasteiger partial charge in [0.25, 0.3) is 0 Å². The van der Waals surface area contributed by atoms with E-state index < -0.39 is 0 Å². The van der Waals surface area contributed by atoms with E-state index in [0.29, 0.717) is 0 Å². The summed E-state index contributed by atoms with van der Waals surface area (Å²) in [4.78, 5) is 0. The molecule has 0 heterocycles. The summed E-state index contributed by atoms with van der Waals surface area (Å²) in [5.41, 5.74) is 11.1. The van der Waals surface area contributed by atoms with Crippen molar-refractivity contribution in [1.82, 2.24) is 0 Å². The van der Waals surface area contributed by atoms with Gasteiger partial charge in [-0.1, -0.05) is 13.8 Å². The molecule has 0 spiro atoms. The number of hydrogen-bond acceptors (Lipinski definition) is 0. The van der Waals surface area contributed by atoms with Gasteiger partial charge in [0.15, 0.2) is 0 Å². The fourth-order valence-corrected chi connectivity index (χ4v) is 7.42. The van der Waals surface area contributed by atoms with Crippen molar-refractivity contribution in [2.45, 2.75) is 58.8 Å². The Balaban J connectivity index is 0.00000202. The largest absolute Gasteiger partial charge is 1.00 e. The fourth-order valence-electron chi connectivity index (χ4n) is 6.25. The monoisotopic (exact) mass is 665 g/mol. The van der Waals surface area contributed by atoms with Crippen LogP contribution in [0.2, 0.25) is 0 Å². The van der Waals surface area contributed by atoms with Crippen LogP contribution in [0, 0.1) is 10.4 Å². The molecule has 3 heteroatoms. The van der Waals surface area contributed by atoms with Crippen LogP contribution in [0.1, 0.15) is 79.3 Å². The van der Waals surface area contributed by atoms with Crippen molar-refractivity contribution in [3.8, 4) is 0 Å². The van der Waals surface area contributed by atoms with Crippen LogP contribution in [0.3, 0.4) is 0 Å². The molecule has 0 saturated carbocycles. The summed E-state index contributed by atoms with van der Waals surface area (Å²) in [6.07, 6.45) is 15.1. The third-order valence-corrected chi connectivity index (χ3v) is 9.70. The standard InChI is InChI=1S/C39H37.2ClH.Zr/c1-3-5-11-28-17-21-31(22-18-28)38(32-23-19-29(20-24-32)12-6-4-2)36-26-25-35-34-16-10-9-15-33(34)27-37(35)39(36)30-13-7-8-14-30;;;/h7-10,13,15-26H,3-6,11-12,14H2,1-2H3;2*1H;/q;;;+2/p-2. The summed E-state index contributed by atoms with van der Waals surface area (Å²) in [5, 5.41) is 5.52. The minimum Gasteiger partial charge on any atom is -1.00 e. The van der Waals surface area contributed by atoms with Crippen molar-refractivity contribution in [2.75, 3.05) is 0 Å². The van der Waals surface area contributed by atoms with Crippen molar-refractivity contribution in [3.05, 3.63) is 157 Å². The van der Waals surface area contributed by atoms with Gasteiger partial charge in [-0.2, -0.15) is 0 Å². The third-order valence-electron chi connectivity index (χ3n) is 8.43. The Morgan fingerprint density at radius 1 is 0.643 bits per heavy atom. The summed E-state index contributed by atoms with van der Waals surface area (Å²) in [6, 6.07) is 32.6. The van der Waals surface area contributed by atoms with Gasteiger partial charge in [0.2, 0.25) is 0 Å². The van der Waals surface area contributed by atoms with Gasteiger partial charge in [0, 0.05) is 0 Å². The van der Waals surface area contributed by atoms with Gasteiger partial charge < -0.3 is 24.8 Å². The molecule has 0 fully saturated rings. The van der Waals surface area contributed by atoms with Gasteiger partial charge in [-0.15, -0.1) is 0 Å².